The summed E-state index contributed by atoms with van der Waals surface area (Å²) in [6, 6.07) is 16.9. The summed E-state index contributed by atoms with van der Waals surface area (Å²) in [5, 5.41) is 6.08. The van der Waals surface area contributed by atoms with Crippen LogP contribution in [0, 0.1) is 5.82 Å². The zero-order valence-corrected chi connectivity index (χ0v) is 20.1. The van der Waals surface area contributed by atoms with E-state index < -0.39 is 18.0 Å². The molecule has 1 aliphatic rings. The lowest BCUT2D eigenvalue weighted by Crippen LogP contribution is -2.33. The van der Waals surface area contributed by atoms with Crippen molar-refractivity contribution in [3.8, 4) is 11.1 Å². The molecule has 0 aliphatic carbocycles. The molecule has 3 aromatic rings. The highest BCUT2D eigenvalue weighted by atomic mass is 32.1. The Bertz CT molecular complexity index is 1160. The Kier molecular flexibility index (Phi) is 7.59. The third-order valence-corrected chi connectivity index (χ3v) is 6.91. The molecule has 1 saturated heterocycles. The van der Waals surface area contributed by atoms with Crippen LogP contribution in [0.5, 0.6) is 0 Å². The number of ether oxygens (including phenoxy) is 1. The van der Waals surface area contributed by atoms with Crippen molar-refractivity contribution in [1.82, 2.24) is 10.6 Å². The van der Waals surface area contributed by atoms with E-state index in [1.54, 1.807) is 12.1 Å². The first-order valence-corrected chi connectivity index (χ1v) is 12.1. The SMILES string of the molecule is CCc1ccc(CNCc2ccc(-c3ccc(N4CC(CNC(C)=O)OC4=O)cc3F)cc2)s1. The van der Waals surface area contributed by atoms with Gasteiger partial charge in [0.15, 0.2) is 0 Å². The van der Waals surface area contributed by atoms with E-state index in [0.717, 1.165) is 30.6 Å². The van der Waals surface area contributed by atoms with Crippen LogP contribution in [-0.2, 0) is 29.0 Å². The lowest BCUT2D eigenvalue weighted by atomic mass is 10.0. The molecule has 2 N–H and O–H groups in total. The van der Waals surface area contributed by atoms with Gasteiger partial charge in [-0.1, -0.05) is 31.2 Å². The fourth-order valence-electron chi connectivity index (χ4n) is 3.84. The number of aryl methyl sites for hydroxylation is 1. The molecular formula is C26H28FN3O3S. The molecule has 1 aliphatic heterocycles. The molecule has 0 saturated carbocycles. The van der Waals surface area contributed by atoms with Gasteiger partial charge in [-0.15, -0.1) is 11.3 Å². The van der Waals surface area contributed by atoms with Gasteiger partial charge in [0.25, 0.3) is 0 Å². The van der Waals surface area contributed by atoms with Crippen molar-refractivity contribution < 1.29 is 18.7 Å². The van der Waals surface area contributed by atoms with E-state index in [0.29, 0.717) is 11.3 Å². The Morgan fingerprint density at radius 2 is 1.88 bits per heavy atom. The van der Waals surface area contributed by atoms with Gasteiger partial charge in [0.05, 0.1) is 18.8 Å². The second kappa shape index (κ2) is 10.8. The summed E-state index contributed by atoms with van der Waals surface area (Å²) in [6.07, 6.45) is 0.0480. The van der Waals surface area contributed by atoms with Gasteiger partial charge in [-0.2, -0.15) is 0 Å². The summed E-state index contributed by atoms with van der Waals surface area (Å²) in [7, 11) is 0. The summed E-state index contributed by atoms with van der Waals surface area (Å²) >= 11 is 1.83. The summed E-state index contributed by atoms with van der Waals surface area (Å²) < 4.78 is 20.2. The van der Waals surface area contributed by atoms with E-state index in [4.69, 9.17) is 4.74 Å². The molecule has 2 aromatic carbocycles. The number of carbonyl (C=O) groups excluding carboxylic acids is 2. The van der Waals surface area contributed by atoms with Crippen molar-refractivity contribution in [2.45, 2.75) is 39.5 Å². The van der Waals surface area contributed by atoms with Gasteiger partial charge in [-0.3, -0.25) is 9.69 Å². The monoisotopic (exact) mass is 481 g/mol. The molecule has 1 aromatic heterocycles. The van der Waals surface area contributed by atoms with Crippen LogP contribution in [0.2, 0.25) is 0 Å². The summed E-state index contributed by atoms with van der Waals surface area (Å²) in [4.78, 5) is 27.4. The molecule has 2 amide bonds. The third-order valence-electron chi connectivity index (χ3n) is 5.68. The Labute approximate surface area is 202 Å². The largest absolute Gasteiger partial charge is 0.442 e. The van der Waals surface area contributed by atoms with Gasteiger partial charge < -0.3 is 15.4 Å². The van der Waals surface area contributed by atoms with E-state index in [2.05, 4.69) is 29.7 Å². The van der Waals surface area contributed by atoms with E-state index >= 15 is 0 Å². The zero-order chi connectivity index (χ0) is 24.1. The number of anilines is 1. The van der Waals surface area contributed by atoms with Crippen LogP contribution < -0.4 is 15.5 Å². The van der Waals surface area contributed by atoms with Gasteiger partial charge in [0.1, 0.15) is 11.9 Å². The smallest absolute Gasteiger partial charge is 0.414 e. The molecule has 0 spiro atoms. The number of carbonyl (C=O) groups is 2. The predicted molar refractivity (Wildman–Crippen MR) is 132 cm³/mol. The highest BCUT2D eigenvalue weighted by molar-refractivity contribution is 7.11. The van der Waals surface area contributed by atoms with Crippen molar-refractivity contribution in [2.24, 2.45) is 0 Å². The second-order valence-corrected chi connectivity index (χ2v) is 9.49. The van der Waals surface area contributed by atoms with Crippen molar-refractivity contribution in [3.63, 3.8) is 0 Å². The number of benzene rings is 2. The first kappa shape index (κ1) is 23.9. The molecule has 8 heteroatoms. The first-order valence-electron chi connectivity index (χ1n) is 11.3. The Morgan fingerprint density at radius 3 is 2.56 bits per heavy atom. The minimum atomic E-state index is -0.548. The third kappa shape index (κ3) is 5.81. The number of rotatable bonds is 9. The standard InChI is InChI=1S/C26H28FN3O3S/c1-3-22-9-10-23(34-22)15-28-13-18-4-6-19(7-5-18)24-11-8-20(12-25(24)27)30-16-21(33-26(30)32)14-29-17(2)31/h4-12,21,28H,3,13-16H2,1-2H3,(H,29,31). The van der Waals surface area contributed by atoms with E-state index in [1.165, 1.54) is 27.6 Å². The summed E-state index contributed by atoms with van der Waals surface area (Å²) in [5.74, 6) is -0.606. The molecule has 1 atom stereocenters. The van der Waals surface area contributed by atoms with Gasteiger partial charge in [-0.25, -0.2) is 9.18 Å². The van der Waals surface area contributed by atoms with Crippen molar-refractivity contribution in [3.05, 3.63) is 75.7 Å². The molecule has 178 valence electrons. The number of halogens is 1. The highest BCUT2D eigenvalue weighted by Crippen LogP contribution is 2.29. The molecule has 1 unspecified atom stereocenters. The maximum atomic E-state index is 14.9. The average molecular weight is 482 g/mol. The number of amides is 2. The normalized spacial score (nSPS) is 15.4. The number of cyclic esters (lactones) is 1. The Morgan fingerprint density at radius 1 is 1.12 bits per heavy atom. The highest BCUT2D eigenvalue weighted by Gasteiger charge is 2.32. The molecule has 34 heavy (non-hydrogen) atoms. The van der Waals surface area contributed by atoms with Crippen LogP contribution in [0.4, 0.5) is 14.9 Å². The van der Waals surface area contributed by atoms with Gasteiger partial charge in [0.2, 0.25) is 5.91 Å². The van der Waals surface area contributed by atoms with Gasteiger partial charge in [0, 0.05) is 35.3 Å². The fraction of sp³-hybridized carbons (Fsp3) is 0.308. The zero-order valence-electron chi connectivity index (χ0n) is 19.3. The molecule has 0 bridgehead atoms. The molecule has 2 heterocycles. The van der Waals surface area contributed by atoms with E-state index in [1.807, 2.05) is 35.6 Å². The van der Waals surface area contributed by atoms with Crippen LogP contribution in [0.25, 0.3) is 11.1 Å². The second-order valence-electron chi connectivity index (χ2n) is 8.24. The van der Waals surface area contributed by atoms with Crippen molar-refractivity contribution in [2.75, 3.05) is 18.0 Å². The lowest BCUT2D eigenvalue weighted by molar-refractivity contribution is -0.119. The van der Waals surface area contributed by atoms with E-state index in [9.17, 15) is 14.0 Å². The summed E-state index contributed by atoms with van der Waals surface area (Å²) in [6.45, 7) is 5.61. The number of hydrogen-bond acceptors (Lipinski definition) is 5. The molecular weight excluding hydrogens is 453 g/mol. The fourth-order valence-corrected chi connectivity index (χ4v) is 4.77. The number of nitrogens with zero attached hydrogens (tertiary/aromatic N) is 1. The molecule has 0 radical (unpaired) electrons. The predicted octanol–water partition coefficient (Wildman–Crippen LogP) is 4.87. The summed E-state index contributed by atoms with van der Waals surface area (Å²) in [5.41, 5.74) is 2.79. The van der Waals surface area contributed by atoms with Crippen LogP contribution in [0.15, 0.2) is 54.6 Å². The first-order chi connectivity index (χ1) is 16.4. The number of nitrogens with one attached hydrogen (secondary N) is 2. The minimum Gasteiger partial charge on any atom is -0.442 e. The Balaban J connectivity index is 1.36. The van der Waals surface area contributed by atoms with Crippen LogP contribution in [-0.4, -0.2) is 31.2 Å². The van der Waals surface area contributed by atoms with Crippen molar-refractivity contribution in [1.29, 1.82) is 0 Å². The van der Waals surface area contributed by atoms with Gasteiger partial charge >= 0.3 is 6.09 Å². The minimum absolute atomic E-state index is 0.195. The number of hydrogen-bond donors (Lipinski definition) is 2. The topological polar surface area (TPSA) is 70.7 Å². The van der Waals surface area contributed by atoms with Crippen LogP contribution in [0.3, 0.4) is 0 Å². The average Bonchev–Trinajstić information content (AvgIpc) is 3.44. The van der Waals surface area contributed by atoms with Crippen LogP contribution >= 0.6 is 11.3 Å². The lowest BCUT2D eigenvalue weighted by Gasteiger charge is -2.15. The maximum absolute atomic E-state index is 14.9. The molecule has 6 nitrogen and oxygen atoms in total. The van der Waals surface area contributed by atoms with E-state index in [-0.39, 0.29) is 19.0 Å². The quantitative estimate of drug-likeness (QED) is 0.458. The maximum Gasteiger partial charge on any atom is 0.414 e. The van der Waals surface area contributed by atoms with Gasteiger partial charge in [-0.05, 0) is 47.9 Å². The Hall–Kier alpha value is -3.23. The number of thiophene rings is 1. The molecule has 1 fully saturated rings. The van der Waals surface area contributed by atoms with Crippen LogP contribution in [0.1, 0.15) is 29.2 Å². The van der Waals surface area contributed by atoms with Crippen molar-refractivity contribution >= 4 is 29.0 Å². The molecule has 4 rings (SSSR count).